The predicted molar refractivity (Wildman–Crippen MR) is 287 cm³/mol. The normalized spacial score (nSPS) is 52.4. The number of rotatable bonds is 13. The number of fused-ring (bicyclic) bond motifs is 7. The SMILES string of the molecule is C/C=C(\C)C(=O)O[C@H]1CC(C)(C)C[C@H]2C3=CC[C@@H]4[C@@]5(C)CC[C@H]([C@@H]6O[C@H](C(=O)O)[C@@H](O)[C@H](O[C@@H]7O[C@H](CO)[C@H](O)[C@H](O)[C@H]7O[C@@H]7O[C@@H](C)[C@H](O)[C@@H](O)[C@H]7O)[C@H]6O[C@@H]6O[C@H](CO)[C@@H](O)[C@H](O)[C@H]6O)C(C)(C)[C@@H]5CC[C@@]4(C)[C@]3(C)C[C@@H](O)[C@@]12CO. The fourth-order valence-electron chi connectivity index (χ4n) is 17.8. The molecule has 24 heteroatoms. The molecule has 0 aromatic rings. The first-order valence-corrected chi connectivity index (χ1v) is 29.7. The fraction of sp³-hybridized carbons (Fsp3) is 0.898. The van der Waals surface area contributed by atoms with Gasteiger partial charge in [0.15, 0.2) is 25.0 Å². The molecule has 14 N–H and O–H groups in total. The molecule has 5 aliphatic carbocycles. The predicted octanol–water partition coefficient (Wildman–Crippen LogP) is -0.710. The van der Waals surface area contributed by atoms with E-state index in [1.165, 1.54) is 6.92 Å². The monoisotopic (exact) mass is 1190 g/mol. The van der Waals surface area contributed by atoms with Crippen molar-refractivity contribution in [1.82, 2.24) is 0 Å². The molecule has 8 fully saturated rings. The highest BCUT2D eigenvalue weighted by Crippen LogP contribution is 2.76. The average molecular weight is 1190 g/mol. The number of aliphatic hydroxyl groups excluding tert-OH is 13. The molecule has 0 unspecified atom stereocenters. The van der Waals surface area contributed by atoms with E-state index in [-0.39, 0.29) is 29.8 Å². The van der Waals surface area contributed by atoms with E-state index in [0.29, 0.717) is 56.9 Å². The van der Waals surface area contributed by atoms with Crippen LogP contribution in [0.1, 0.15) is 121 Å². The van der Waals surface area contributed by atoms with E-state index in [1.54, 1.807) is 19.9 Å². The first-order chi connectivity index (χ1) is 38.7. The molecule has 4 saturated carbocycles. The van der Waals surface area contributed by atoms with Crippen molar-refractivity contribution in [3.8, 4) is 0 Å². The van der Waals surface area contributed by atoms with Crippen molar-refractivity contribution in [2.45, 2.75) is 255 Å². The summed E-state index contributed by atoms with van der Waals surface area (Å²) in [4.78, 5) is 26.9. The van der Waals surface area contributed by atoms with Crippen LogP contribution in [0.25, 0.3) is 0 Å². The van der Waals surface area contributed by atoms with Gasteiger partial charge in [-0.05, 0) is 123 Å². The molecule has 83 heavy (non-hydrogen) atoms. The zero-order valence-electron chi connectivity index (χ0n) is 49.3. The van der Waals surface area contributed by atoms with Gasteiger partial charge in [-0.25, -0.2) is 9.59 Å². The van der Waals surface area contributed by atoms with E-state index in [0.717, 1.165) is 5.57 Å². The van der Waals surface area contributed by atoms with Gasteiger partial charge in [0.1, 0.15) is 91.6 Å². The summed E-state index contributed by atoms with van der Waals surface area (Å²) in [7, 11) is 0. The van der Waals surface area contributed by atoms with Gasteiger partial charge in [0.2, 0.25) is 0 Å². The van der Waals surface area contributed by atoms with Crippen LogP contribution in [0.15, 0.2) is 23.3 Å². The van der Waals surface area contributed by atoms with Crippen molar-refractivity contribution in [1.29, 1.82) is 0 Å². The Morgan fingerprint density at radius 1 is 0.651 bits per heavy atom. The molecule has 0 radical (unpaired) electrons. The number of esters is 1. The summed E-state index contributed by atoms with van der Waals surface area (Å²) in [6, 6.07) is 0. The molecule has 4 heterocycles. The van der Waals surface area contributed by atoms with Crippen LogP contribution in [-0.2, 0) is 47.5 Å². The average Bonchev–Trinajstić information content (AvgIpc) is 0.896. The molecule has 0 bridgehead atoms. The van der Waals surface area contributed by atoms with Crippen molar-refractivity contribution < 1.29 is 119 Å². The second-order valence-corrected chi connectivity index (χ2v) is 28.0. The van der Waals surface area contributed by atoms with Gasteiger partial charge in [-0.3, -0.25) is 0 Å². The van der Waals surface area contributed by atoms with Crippen LogP contribution in [0.3, 0.4) is 0 Å². The number of allylic oxidation sites excluding steroid dienone is 3. The molecule has 474 valence electrons. The number of hydrogen-bond donors (Lipinski definition) is 14. The molecule has 0 amide bonds. The molecule has 9 rings (SSSR count). The van der Waals surface area contributed by atoms with Gasteiger partial charge in [0.25, 0.3) is 0 Å². The highest BCUT2D eigenvalue weighted by atomic mass is 16.8. The smallest absolute Gasteiger partial charge is 0.335 e. The number of carboxylic acid groups (broad SMARTS) is 1. The van der Waals surface area contributed by atoms with Gasteiger partial charge >= 0.3 is 11.9 Å². The summed E-state index contributed by atoms with van der Waals surface area (Å²) in [5.41, 5.74) is -2.12. The largest absolute Gasteiger partial charge is 0.479 e. The van der Waals surface area contributed by atoms with E-state index in [1.807, 2.05) is 0 Å². The lowest BCUT2D eigenvalue weighted by molar-refractivity contribution is -0.393. The van der Waals surface area contributed by atoms with Crippen molar-refractivity contribution in [3.05, 3.63) is 23.3 Å². The maximum atomic E-state index is 13.5. The quantitative estimate of drug-likeness (QED) is 0.0615. The Labute approximate surface area is 484 Å². The second kappa shape index (κ2) is 23.5. The summed E-state index contributed by atoms with van der Waals surface area (Å²) in [5, 5.41) is 156. The number of ether oxygens (including phenoxy) is 8. The minimum absolute atomic E-state index is 0.0119. The lowest BCUT2D eigenvalue weighted by atomic mass is 9.32. The molecule has 0 spiro atoms. The number of carbonyl (C=O) groups excluding carboxylic acids is 1. The van der Waals surface area contributed by atoms with Crippen LogP contribution in [-0.4, -0.2) is 238 Å². The van der Waals surface area contributed by atoms with Crippen molar-refractivity contribution in [2.24, 2.45) is 56.2 Å². The zero-order chi connectivity index (χ0) is 61.2. The third kappa shape index (κ3) is 10.5. The number of carbonyl (C=O) groups is 2. The highest BCUT2D eigenvalue weighted by Gasteiger charge is 2.73. The van der Waals surface area contributed by atoms with Gasteiger partial charge < -0.3 is 109 Å². The Morgan fingerprint density at radius 3 is 1.83 bits per heavy atom. The molecule has 0 aromatic heterocycles. The Bertz CT molecular complexity index is 2400. The Kier molecular flexibility index (Phi) is 18.4. The summed E-state index contributed by atoms with van der Waals surface area (Å²) >= 11 is 0. The van der Waals surface area contributed by atoms with Crippen LogP contribution < -0.4 is 0 Å². The van der Waals surface area contributed by atoms with Crippen LogP contribution in [0.5, 0.6) is 0 Å². The second-order valence-electron chi connectivity index (χ2n) is 28.0. The molecule has 0 aromatic carbocycles. The lowest BCUT2D eigenvalue weighted by Crippen LogP contribution is -2.71. The molecule has 4 aliphatic heterocycles. The standard InChI is InChI=1S/C59H94O24/c1-11-24(2)50(75)79-34-20-54(4,5)18-28-26-12-13-32-56(8)16-14-27(55(6,7)31(56)15-17-57(32,9)58(26,10)19-33(63)59(28,34)23-62)44-48(83-52-42(71)39(68)36(65)29(21-60)77-52)45(43(72)46(80-44)49(73)74)81-53-47(40(69)37(66)30(22-61)78-53)82-51-41(70)38(67)35(64)25(3)76-51/h11-12,25,27-48,51-53,60-72H,13-23H2,1-10H3,(H,73,74)/b24-11+/t25-,27+,28-,29+,30+,31-,32+,33+,34-,35-,36+,37-,38+,39-,40-,41+,42+,43-,44-,45-,46-,47+,48-,51-,52-,53-,56-,57+,58+,59-/m0/s1. The van der Waals surface area contributed by atoms with E-state index >= 15 is 0 Å². The Morgan fingerprint density at radius 2 is 1.23 bits per heavy atom. The third-order valence-corrected chi connectivity index (χ3v) is 22.8. The van der Waals surface area contributed by atoms with E-state index in [9.17, 15) is 81.1 Å². The van der Waals surface area contributed by atoms with E-state index < -0.39 is 193 Å². The maximum absolute atomic E-state index is 13.5. The zero-order valence-corrected chi connectivity index (χ0v) is 49.3. The first-order valence-electron chi connectivity index (χ1n) is 29.7. The van der Waals surface area contributed by atoms with Gasteiger partial charge in [-0.1, -0.05) is 66.2 Å². The summed E-state index contributed by atoms with van der Waals surface area (Å²) < 4.78 is 49.5. The fourth-order valence-corrected chi connectivity index (χ4v) is 17.8. The maximum Gasteiger partial charge on any atom is 0.335 e. The lowest BCUT2D eigenvalue weighted by Gasteiger charge is -2.72. The minimum atomic E-state index is -2.20. The number of aliphatic hydroxyl groups is 13. The van der Waals surface area contributed by atoms with Crippen LogP contribution in [0.4, 0.5) is 0 Å². The van der Waals surface area contributed by atoms with E-state index in [2.05, 4.69) is 54.5 Å². The number of aliphatic carboxylic acids is 1. The summed E-state index contributed by atoms with van der Waals surface area (Å²) in [6.45, 7) is 17.9. The first kappa shape index (κ1) is 65.1. The molecule has 4 saturated heterocycles. The molecule has 9 aliphatic rings. The molecular weight excluding hydrogens is 1090 g/mol. The number of hydrogen-bond acceptors (Lipinski definition) is 23. The van der Waals surface area contributed by atoms with Gasteiger partial charge in [-0.15, -0.1) is 0 Å². The van der Waals surface area contributed by atoms with Crippen molar-refractivity contribution >= 4 is 11.9 Å². The van der Waals surface area contributed by atoms with Crippen molar-refractivity contribution in [3.63, 3.8) is 0 Å². The molecule has 30 atom stereocenters. The Hall–Kier alpha value is -2.38. The summed E-state index contributed by atoms with van der Waals surface area (Å²) in [5.74, 6) is -3.24. The van der Waals surface area contributed by atoms with Crippen LogP contribution in [0, 0.1) is 56.2 Å². The van der Waals surface area contributed by atoms with Gasteiger partial charge in [0, 0.05) is 5.57 Å². The van der Waals surface area contributed by atoms with Crippen LogP contribution >= 0.6 is 0 Å². The topological polar surface area (TPSA) is 391 Å². The van der Waals surface area contributed by atoms with Gasteiger partial charge in [0.05, 0.1) is 43.5 Å². The van der Waals surface area contributed by atoms with E-state index in [4.69, 9.17) is 37.9 Å². The third-order valence-electron chi connectivity index (χ3n) is 22.8. The number of carboxylic acids is 1. The molecule has 24 nitrogen and oxygen atoms in total. The van der Waals surface area contributed by atoms with Crippen molar-refractivity contribution in [2.75, 3.05) is 19.8 Å². The summed E-state index contributed by atoms with van der Waals surface area (Å²) in [6.07, 6.45) is -29.9. The molecular formula is C59H94O24. The van der Waals surface area contributed by atoms with Gasteiger partial charge in [-0.2, -0.15) is 0 Å². The minimum Gasteiger partial charge on any atom is -0.479 e. The highest BCUT2D eigenvalue weighted by molar-refractivity contribution is 5.87. The Balaban J connectivity index is 1.08. The van der Waals surface area contributed by atoms with Crippen LogP contribution in [0.2, 0.25) is 0 Å².